The van der Waals surface area contributed by atoms with Crippen LogP contribution in [0.15, 0.2) is 22.6 Å². The Balaban J connectivity index is 1.68. The van der Waals surface area contributed by atoms with Crippen molar-refractivity contribution in [3.63, 3.8) is 0 Å². The molecule has 102 valence electrons. The Morgan fingerprint density at radius 3 is 3.05 bits per heavy atom. The van der Waals surface area contributed by atoms with Gasteiger partial charge in [0.05, 0.1) is 6.10 Å². The zero-order valence-corrected chi connectivity index (χ0v) is 11.3. The molecule has 1 heterocycles. The van der Waals surface area contributed by atoms with Gasteiger partial charge >= 0.3 is 0 Å². The molecule has 2 atom stereocenters. The minimum Gasteiger partial charge on any atom is -0.438 e. The van der Waals surface area contributed by atoms with Crippen LogP contribution in [0.5, 0.6) is 0 Å². The Labute approximate surface area is 112 Å². The number of rotatable bonds is 3. The number of nitrogens with zero attached hydrogens (tertiary/aromatic N) is 1. The van der Waals surface area contributed by atoms with E-state index in [0.717, 1.165) is 17.5 Å². The molecule has 1 aromatic carbocycles. The van der Waals surface area contributed by atoms with Crippen molar-refractivity contribution in [2.75, 3.05) is 5.73 Å². The zero-order chi connectivity index (χ0) is 13.2. The SMILES string of the molecule is CC1CCCCC1OCc1nc2cc(N)ccc2o1. The lowest BCUT2D eigenvalue weighted by Gasteiger charge is -2.28. The minimum atomic E-state index is 0.342. The molecule has 0 saturated heterocycles. The van der Waals surface area contributed by atoms with Crippen molar-refractivity contribution in [2.24, 2.45) is 5.92 Å². The number of fused-ring (bicyclic) bond motifs is 1. The van der Waals surface area contributed by atoms with Gasteiger partial charge in [0.15, 0.2) is 5.58 Å². The maximum absolute atomic E-state index is 5.95. The van der Waals surface area contributed by atoms with Crippen LogP contribution in [0.2, 0.25) is 0 Å². The van der Waals surface area contributed by atoms with Crippen molar-refractivity contribution in [3.8, 4) is 0 Å². The molecule has 2 aromatic rings. The molecule has 4 heteroatoms. The normalized spacial score (nSPS) is 23.8. The Morgan fingerprint density at radius 2 is 2.21 bits per heavy atom. The number of aromatic nitrogens is 1. The Morgan fingerprint density at radius 1 is 1.37 bits per heavy atom. The first kappa shape index (κ1) is 12.5. The lowest BCUT2D eigenvalue weighted by atomic mass is 9.88. The average molecular weight is 260 g/mol. The summed E-state index contributed by atoms with van der Waals surface area (Å²) in [5.41, 5.74) is 8.00. The van der Waals surface area contributed by atoms with Gasteiger partial charge in [-0.3, -0.25) is 0 Å². The summed E-state index contributed by atoms with van der Waals surface area (Å²) in [6, 6.07) is 5.50. The van der Waals surface area contributed by atoms with E-state index in [9.17, 15) is 0 Å². The monoisotopic (exact) mass is 260 g/mol. The molecule has 1 aliphatic carbocycles. The Hall–Kier alpha value is -1.55. The van der Waals surface area contributed by atoms with Gasteiger partial charge in [0.25, 0.3) is 0 Å². The van der Waals surface area contributed by atoms with Gasteiger partial charge in [-0.15, -0.1) is 0 Å². The highest BCUT2D eigenvalue weighted by atomic mass is 16.5. The van der Waals surface area contributed by atoms with E-state index < -0.39 is 0 Å². The third kappa shape index (κ3) is 2.73. The second-order valence-electron chi connectivity index (χ2n) is 5.45. The fourth-order valence-corrected chi connectivity index (χ4v) is 2.76. The first-order valence-electron chi connectivity index (χ1n) is 6.99. The molecule has 19 heavy (non-hydrogen) atoms. The molecule has 0 spiro atoms. The van der Waals surface area contributed by atoms with Gasteiger partial charge < -0.3 is 14.9 Å². The van der Waals surface area contributed by atoms with Crippen LogP contribution in [-0.2, 0) is 11.3 Å². The molecule has 4 nitrogen and oxygen atoms in total. The van der Waals surface area contributed by atoms with Crippen molar-refractivity contribution in [1.82, 2.24) is 4.98 Å². The number of anilines is 1. The quantitative estimate of drug-likeness (QED) is 0.858. The van der Waals surface area contributed by atoms with Crippen molar-refractivity contribution in [3.05, 3.63) is 24.1 Å². The summed E-state index contributed by atoms with van der Waals surface area (Å²) in [5.74, 6) is 1.27. The van der Waals surface area contributed by atoms with Crippen LogP contribution < -0.4 is 5.73 Å². The number of hydrogen-bond acceptors (Lipinski definition) is 4. The Bertz CT molecular complexity index is 564. The smallest absolute Gasteiger partial charge is 0.221 e. The van der Waals surface area contributed by atoms with Gasteiger partial charge in [-0.25, -0.2) is 4.98 Å². The topological polar surface area (TPSA) is 61.3 Å². The summed E-state index contributed by atoms with van der Waals surface area (Å²) in [7, 11) is 0. The van der Waals surface area contributed by atoms with Gasteiger partial charge in [-0.1, -0.05) is 19.8 Å². The summed E-state index contributed by atoms with van der Waals surface area (Å²) >= 11 is 0. The fourth-order valence-electron chi connectivity index (χ4n) is 2.76. The van der Waals surface area contributed by atoms with Gasteiger partial charge in [0.1, 0.15) is 12.1 Å². The number of benzene rings is 1. The highest BCUT2D eigenvalue weighted by Gasteiger charge is 2.22. The van der Waals surface area contributed by atoms with E-state index >= 15 is 0 Å². The van der Waals surface area contributed by atoms with Gasteiger partial charge in [0, 0.05) is 5.69 Å². The molecule has 1 fully saturated rings. The molecule has 3 rings (SSSR count). The molecule has 1 aromatic heterocycles. The third-order valence-corrected chi connectivity index (χ3v) is 3.91. The molecule has 1 saturated carbocycles. The van der Waals surface area contributed by atoms with E-state index in [1.54, 1.807) is 0 Å². The summed E-state index contributed by atoms with van der Waals surface area (Å²) in [6.07, 6.45) is 5.33. The zero-order valence-electron chi connectivity index (χ0n) is 11.3. The first-order chi connectivity index (χ1) is 9.22. The van der Waals surface area contributed by atoms with Gasteiger partial charge in [-0.2, -0.15) is 0 Å². The molecule has 0 aliphatic heterocycles. The van der Waals surface area contributed by atoms with Crippen molar-refractivity contribution in [1.29, 1.82) is 0 Å². The molecule has 2 N–H and O–H groups in total. The molecule has 1 aliphatic rings. The van der Waals surface area contributed by atoms with E-state index in [0.29, 0.717) is 30.2 Å². The summed E-state index contributed by atoms with van der Waals surface area (Å²) in [6.45, 7) is 2.71. The van der Waals surface area contributed by atoms with Crippen molar-refractivity contribution >= 4 is 16.8 Å². The molecule has 0 amide bonds. The van der Waals surface area contributed by atoms with Crippen LogP contribution in [0.1, 0.15) is 38.5 Å². The summed E-state index contributed by atoms with van der Waals surface area (Å²) < 4.78 is 11.6. The number of oxazole rings is 1. The lowest BCUT2D eigenvalue weighted by Crippen LogP contribution is -2.25. The van der Waals surface area contributed by atoms with Gasteiger partial charge in [0.2, 0.25) is 5.89 Å². The average Bonchev–Trinajstić information content (AvgIpc) is 2.79. The van der Waals surface area contributed by atoms with E-state index in [-0.39, 0.29) is 0 Å². The van der Waals surface area contributed by atoms with Crippen LogP contribution in [-0.4, -0.2) is 11.1 Å². The first-order valence-corrected chi connectivity index (χ1v) is 6.99. The second-order valence-corrected chi connectivity index (χ2v) is 5.45. The molecular weight excluding hydrogens is 240 g/mol. The van der Waals surface area contributed by atoms with E-state index in [2.05, 4.69) is 11.9 Å². The molecular formula is C15H20N2O2. The molecule has 2 unspecified atom stereocenters. The van der Waals surface area contributed by atoms with E-state index in [1.165, 1.54) is 19.3 Å². The predicted molar refractivity (Wildman–Crippen MR) is 74.6 cm³/mol. The van der Waals surface area contributed by atoms with Crippen molar-refractivity contribution < 1.29 is 9.15 Å². The van der Waals surface area contributed by atoms with Gasteiger partial charge in [-0.05, 0) is 37.0 Å². The number of hydrogen-bond donors (Lipinski definition) is 1. The number of nitrogens with two attached hydrogens (primary N) is 1. The van der Waals surface area contributed by atoms with E-state index in [1.807, 2.05) is 18.2 Å². The Kier molecular flexibility index (Phi) is 3.42. The minimum absolute atomic E-state index is 0.342. The molecule has 0 bridgehead atoms. The van der Waals surface area contributed by atoms with Crippen LogP contribution >= 0.6 is 0 Å². The predicted octanol–water partition coefficient (Wildman–Crippen LogP) is 3.51. The number of nitrogen functional groups attached to an aromatic ring is 1. The highest BCUT2D eigenvalue weighted by Crippen LogP contribution is 2.27. The largest absolute Gasteiger partial charge is 0.438 e. The van der Waals surface area contributed by atoms with Crippen LogP contribution in [0, 0.1) is 5.92 Å². The lowest BCUT2D eigenvalue weighted by molar-refractivity contribution is -0.0232. The summed E-state index contributed by atoms with van der Waals surface area (Å²) in [5, 5.41) is 0. The second kappa shape index (κ2) is 5.21. The van der Waals surface area contributed by atoms with Crippen LogP contribution in [0.3, 0.4) is 0 Å². The highest BCUT2D eigenvalue weighted by molar-refractivity contribution is 5.76. The maximum atomic E-state index is 5.95. The fraction of sp³-hybridized carbons (Fsp3) is 0.533. The van der Waals surface area contributed by atoms with Crippen LogP contribution in [0.25, 0.3) is 11.1 Å². The summed E-state index contributed by atoms with van der Waals surface area (Å²) in [4.78, 5) is 4.41. The number of ether oxygens (including phenoxy) is 1. The maximum Gasteiger partial charge on any atom is 0.221 e. The van der Waals surface area contributed by atoms with Crippen molar-refractivity contribution in [2.45, 2.75) is 45.3 Å². The van der Waals surface area contributed by atoms with Crippen LogP contribution in [0.4, 0.5) is 5.69 Å². The molecule has 0 radical (unpaired) electrons. The standard InChI is InChI=1S/C15H20N2O2/c1-10-4-2-3-5-13(10)18-9-15-17-12-8-11(16)6-7-14(12)19-15/h6-8,10,13H,2-5,9,16H2,1H3. The van der Waals surface area contributed by atoms with E-state index in [4.69, 9.17) is 14.9 Å². The third-order valence-electron chi connectivity index (χ3n) is 3.91.